The highest BCUT2D eigenvalue weighted by molar-refractivity contribution is 4.38. The number of hydrogen-bond acceptors (Lipinski definition) is 2. The van der Waals surface area contributed by atoms with E-state index in [4.69, 9.17) is 10.2 Å². The zero-order valence-corrected chi connectivity index (χ0v) is 8.01. The molecule has 2 nitrogen and oxygen atoms in total. The molecule has 2 N–H and O–H groups in total. The average molecular weight is 162 g/mol. The molecule has 0 aromatic rings. The first kappa shape index (κ1) is 13.5. The monoisotopic (exact) mass is 162 g/mol. The Balaban J connectivity index is 0. The molecule has 2 heteroatoms. The van der Waals surface area contributed by atoms with Gasteiger partial charge in [-0.25, -0.2) is 0 Å². The van der Waals surface area contributed by atoms with E-state index in [1.165, 1.54) is 0 Å². The van der Waals surface area contributed by atoms with Crippen molar-refractivity contribution < 1.29 is 10.2 Å². The molecule has 0 aliphatic heterocycles. The minimum atomic E-state index is 0.331. The number of aliphatic hydroxyl groups excluding tert-OH is 2. The summed E-state index contributed by atoms with van der Waals surface area (Å²) in [5.74, 6) is 0.648. The van der Waals surface area contributed by atoms with Gasteiger partial charge in [0, 0.05) is 13.2 Å². The van der Waals surface area contributed by atoms with E-state index < -0.39 is 0 Å². The predicted octanol–water partition coefficient (Wildman–Crippen LogP) is 1.80. The van der Waals surface area contributed by atoms with Crippen molar-refractivity contribution in [1.29, 1.82) is 0 Å². The molecular weight excluding hydrogens is 140 g/mol. The summed E-state index contributed by atoms with van der Waals surface area (Å²) in [6, 6.07) is 0. The van der Waals surface area contributed by atoms with Crippen LogP contribution in [0.15, 0.2) is 0 Å². The molecule has 11 heavy (non-hydrogen) atoms. The molecule has 0 bridgehead atoms. The standard InChI is InChI=1S/C5H12O.C4H10O/c1-5(2)3-4-6;1-2-3-4-5/h5-6H,3-4H2,1-2H3;5H,2-4H2,1H3. The van der Waals surface area contributed by atoms with Gasteiger partial charge in [-0.2, -0.15) is 0 Å². The highest BCUT2D eigenvalue weighted by atomic mass is 16.3. The molecule has 0 aliphatic carbocycles. The fraction of sp³-hybridized carbons (Fsp3) is 1.00. The zero-order valence-electron chi connectivity index (χ0n) is 8.01. The van der Waals surface area contributed by atoms with Crippen molar-refractivity contribution in [2.24, 2.45) is 5.92 Å². The van der Waals surface area contributed by atoms with E-state index in [-0.39, 0.29) is 0 Å². The minimum Gasteiger partial charge on any atom is -0.396 e. The maximum absolute atomic E-state index is 8.24. The van der Waals surface area contributed by atoms with Gasteiger partial charge < -0.3 is 10.2 Å². The van der Waals surface area contributed by atoms with E-state index in [2.05, 4.69) is 20.8 Å². The molecule has 70 valence electrons. The Bertz CT molecular complexity index is 51.5. The van der Waals surface area contributed by atoms with Gasteiger partial charge in [-0.05, 0) is 18.8 Å². The predicted molar refractivity (Wildman–Crippen MR) is 48.5 cm³/mol. The Labute approximate surface area is 70.3 Å². The molecule has 0 amide bonds. The summed E-state index contributed by atoms with van der Waals surface area (Å²) >= 11 is 0. The second kappa shape index (κ2) is 12.6. The third-order valence-corrected chi connectivity index (χ3v) is 1.22. The Morgan fingerprint density at radius 3 is 1.64 bits per heavy atom. The van der Waals surface area contributed by atoms with E-state index in [1.54, 1.807) is 0 Å². The maximum atomic E-state index is 8.24. The lowest BCUT2D eigenvalue weighted by Crippen LogP contribution is -1.89. The lowest BCUT2D eigenvalue weighted by molar-refractivity contribution is 0.268. The smallest absolute Gasteiger partial charge is 0.0433 e. The molecule has 0 saturated heterocycles. The topological polar surface area (TPSA) is 40.5 Å². The van der Waals surface area contributed by atoms with Gasteiger partial charge in [-0.15, -0.1) is 0 Å². The zero-order chi connectivity index (χ0) is 9.11. The molecule has 0 unspecified atom stereocenters. The fourth-order valence-electron chi connectivity index (χ4n) is 0.416. The summed E-state index contributed by atoms with van der Waals surface area (Å²) in [4.78, 5) is 0. The summed E-state index contributed by atoms with van der Waals surface area (Å²) in [7, 11) is 0. The molecule has 0 heterocycles. The molecule has 0 aromatic carbocycles. The summed E-state index contributed by atoms with van der Waals surface area (Å²) < 4.78 is 0. The largest absolute Gasteiger partial charge is 0.396 e. The highest BCUT2D eigenvalue weighted by Gasteiger charge is 1.86. The van der Waals surface area contributed by atoms with Crippen LogP contribution in [0.25, 0.3) is 0 Å². The van der Waals surface area contributed by atoms with Gasteiger partial charge in [0.2, 0.25) is 0 Å². The summed E-state index contributed by atoms with van der Waals surface area (Å²) in [6.45, 7) is 6.91. The van der Waals surface area contributed by atoms with Crippen molar-refractivity contribution in [2.75, 3.05) is 13.2 Å². The van der Waals surface area contributed by atoms with E-state index in [1.807, 2.05) is 0 Å². The number of rotatable bonds is 4. The van der Waals surface area contributed by atoms with Crippen LogP contribution >= 0.6 is 0 Å². The lowest BCUT2D eigenvalue weighted by Gasteiger charge is -1.95. The molecule has 0 aromatic heterocycles. The highest BCUT2D eigenvalue weighted by Crippen LogP contribution is 1.94. The number of aliphatic hydroxyl groups is 2. The molecule has 0 saturated carbocycles. The van der Waals surface area contributed by atoms with Gasteiger partial charge in [-0.3, -0.25) is 0 Å². The van der Waals surface area contributed by atoms with Gasteiger partial charge in [0.05, 0.1) is 0 Å². The van der Waals surface area contributed by atoms with Gasteiger partial charge in [-0.1, -0.05) is 27.2 Å². The molecule has 0 radical (unpaired) electrons. The Hall–Kier alpha value is -0.0800. The summed E-state index contributed by atoms with van der Waals surface area (Å²) in [5, 5.41) is 16.3. The molecule has 0 rings (SSSR count). The third kappa shape index (κ3) is 25.7. The molecule has 0 spiro atoms. The van der Waals surface area contributed by atoms with Crippen molar-refractivity contribution >= 4 is 0 Å². The molecule has 0 atom stereocenters. The summed E-state index contributed by atoms with van der Waals surface area (Å²) in [5.41, 5.74) is 0. The lowest BCUT2D eigenvalue weighted by atomic mass is 10.2. The molecular formula is C9H22O2. The Morgan fingerprint density at radius 2 is 1.64 bits per heavy atom. The van der Waals surface area contributed by atoms with Crippen molar-refractivity contribution in [2.45, 2.75) is 40.0 Å². The van der Waals surface area contributed by atoms with Crippen LogP contribution in [-0.2, 0) is 0 Å². The number of hydrogen-bond donors (Lipinski definition) is 2. The maximum Gasteiger partial charge on any atom is 0.0433 e. The average Bonchev–Trinajstić information content (AvgIpc) is 1.90. The van der Waals surface area contributed by atoms with Gasteiger partial charge in [0.15, 0.2) is 0 Å². The van der Waals surface area contributed by atoms with Crippen LogP contribution in [0.1, 0.15) is 40.0 Å². The van der Waals surface area contributed by atoms with Gasteiger partial charge in [0.1, 0.15) is 0 Å². The van der Waals surface area contributed by atoms with Crippen LogP contribution in [-0.4, -0.2) is 23.4 Å². The first-order chi connectivity index (χ1) is 5.18. The van der Waals surface area contributed by atoms with Crippen LogP contribution in [0.5, 0.6) is 0 Å². The Kier molecular flexibility index (Phi) is 15.4. The van der Waals surface area contributed by atoms with Crippen LogP contribution in [0.3, 0.4) is 0 Å². The fourth-order valence-corrected chi connectivity index (χ4v) is 0.416. The van der Waals surface area contributed by atoms with Crippen LogP contribution in [0.4, 0.5) is 0 Å². The van der Waals surface area contributed by atoms with Crippen LogP contribution in [0, 0.1) is 5.92 Å². The van der Waals surface area contributed by atoms with E-state index in [9.17, 15) is 0 Å². The summed E-state index contributed by atoms with van der Waals surface area (Å²) in [6.07, 6.45) is 2.97. The minimum absolute atomic E-state index is 0.331. The first-order valence-electron chi connectivity index (χ1n) is 4.40. The molecule has 0 fully saturated rings. The second-order valence-electron chi connectivity index (χ2n) is 2.98. The van der Waals surface area contributed by atoms with Gasteiger partial charge in [0.25, 0.3) is 0 Å². The first-order valence-corrected chi connectivity index (χ1v) is 4.40. The normalized spacial score (nSPS) is 9.27. The van der Waals surface area contributed by atoms with E-state index >= 15 is 0 Å². The van der Waals surface area contributed by atoms with Crippen LogP contribution < -0.4 is 0 Å². The SMILES string of the molecule is CC(C)CCO.CCCCO. The van der Waals surface area contributed by atoms with E-state index in [0.29, 0.717) is 19.1 Å². The van der Waals surface area contributed by atoms with Crippen LogP contribution in [0.2, 0.25) is 0 Å². The van der Waals surface area contributed by atoms with Gasteiger partial charge >= 0.3 is 0 Å². The quantitative estimate of drug-likeness (QED) is 0.661. The Morgan fingerprint density at radius 1 is 1.09 bits per heavy atom. The number of unbranched alkanes of at least 4 members (excludes halogenated alkanes) is 1. The third-order valence-electron chi connectivity index (χ3n) is 1.22. The second-order valence-corrected chi connectivity index (χ2v) is 2.98. The van der Waals surface area contributed by atoms with Crippen molar-refractivity contribution in [3.8, 4) is 0 Å². The van der Waals surface area contributed by atoms with Crippen molar-refractivity contribution in [3.63, 3.8) is 0 Å². The molecule has 0 aliphatic rings. The van der Waals surface area contributed by atoms with Crippen molar-refractivity contribution in [1.82, 2.24) is 0 Å². The van der Waals surface area contributed by atoms with E-state index in [0.717, 1.165) is 19.3 Å². The van der Waals surface area contributed by atoms with Crippen molar-refractivity contribution in [3.05, 3.63) is 0 Å².